The second kappa shape index (κ2) is 9.91. The molecule has 2 aromatic carbocycles. The summed E-state index contributed by atoms with van der Waals surface area (Å²) in [6, 6.07) is 17.8. The molecule has 0 radical (unpaired) electrons. The van der Waals surface area contributed by atoms with Crippen LogP contribution in [0, 0.1) is 0 Å². The monoisotopic (exact) mass is 543 g/mol. The standard InChI is InChI=1S/C28H21N3O7S/c32-17-6-8-19-21(11-17)38-22-12-18(7-9-20(22)29-19)37-13-16-14-39-27-24(26(34)31(27)25(16)28(35)36)30-23(33)10-15-4-2-1-3-5-15/h1-9,11-12,24,27H,10,13-14H2,(H,30,33)(H,35,36)/t24-,27-/m1/s1. The number of rotatable bonds is 7. The summed E-state index contributed by atoms with van der Waals surface area (Å²) in [6.45, 7) is -0.0621. The number of β-lactam (4-membered cyclic amide) rings is 1. The fourth-order valence-corrected chi connectivity index (χ4v) is 5.97. The van der Waals surface area contributed by atoms with Crippen molar-refractivity contribution >= 4 is 40.6 Å². The molecule has 0 spiro atoms. The number of ether oxygens (including phenoxy) is 1. The number of carbonyl (C=O) groups is 3. The fraction of sp³-hybridized carbons (Fsp3) is 0.179. The highest BCUT2D eigenvalue weighted by Gasteiger charge is 2.54. The Balaban J connectivity index is 1.17. The van der Waals surface area contributed by atoms with Crippen molar-refractivity contribution in [3.8, 4) is 17.2 Å². The van der Waals surface area contributed by atoms with E-state index in [-0.39, 0.29) is 30.1 Å². The highest BCUT2D eigenvalue weighted by Crippen LogP contribution is 2.40. The van der Waals surface area contributed by atoms with Gasteiger partial charge < -0.3 is 19.6 Å². The molecule has 2 atom stereocenters. The fourth-order valence-electron chi connectivity index (χ4n) is 4.65. The lowest BCUT2D eigenvalue weighted by atomic mass is 10.0. The number of hydrogen-bond acceptors (Lipinski definition) is 8. The summed E-state index contributed by atoms with van der Waals surface area (Å²) in [5, 5.41) is 12.2. The number of carboxylic acids is 1. The summed E-state index contributed by atoms with van der Waals surface area (Å²) < 4.78 is 11.7. The minimum atomic E-state index is -1.24. The van der Waals surface area contributed by atoms with Crippen LogP contribution in [0.4, 0.5) is 0 Å². The lowest BCUT2D eigenvalue weighted by Gasteiger charge is -2.49. The molecule has 0 bridgehead atoms. The zero-order valence-corrected chi connectivity index (χ0v) is 21.1. The van der Waals surface area contributed by atoms with Crippen molar-refractivity contribution in [2.75, 3.05) is 12.4 Å². The van der Waals surface area contributed by atoms with Gasteiger partial charge in [-0.3, -0.25) is 19.3 Å². The number of aromatic nitrogens is 1. The Hall–Kier alpha value is -4.64. The van der Waals surface area contributed by atoms with Crippen LogP contribution in [-0.4, -0.2) is 56.5 Å². The van der Waals surface area contributed by atoms with Crippen molar-refractivity contribution in [1.29, 1.82) is 0 Å². The number of nitrogens with one attached hydrogen (secondary N) is 1. The predicted octanol–water partition coefficient (Wildman–Crippen LogP) is 2.65. The average Bonchev–Trinajstić information content (AvgIpc) is 2.93. The Labute approximate surface area is 225 Å². The molecule has 1 fully saturated rings. The zero-order valence-electron chi connectivity index (χ0n) is 20.3. The molecular weight excluding hydrogens is 522 g/mol. The molecule has 1 aliphatic carbocycles. The van der Waals surface area contributed by atoms with Gasteiger partial charge in [0.1, 0.15) is 40.7 Å². The normalized spacial score (nSPS) is 18.6. The Morgan fingerprint density at radius 1 is 1.10 bits per heavy atom. The molecule has 3 heterocycles. The summed E-state index contributed by atoms with van der Waals surface area (Å²) in [6.07, 6.45) is 0.129. The number of thioether (sulfide) groups is 1. The van der Waals surface area contributed by atoms with E-state index in [1.165, 1.54) is 28.8 Å². The molecule has 0 aromatic heterocycles. The molecule has 10 nitrogen and oxygen atoms in total. The number of aliphatic carboxylic acids is 1. The van der Waals surface area contributed by atoms with Crippen molar-refractivity contribution in [2.45, 2.75) is 17.8 Å². The summed E-state index contributed by atoms with van der Waals surface area (Å²) in [4.78, 5) is 54.9. The molecule has 2 amide bonds. The number of hydrogen-bond donors (Lipinski definition) is 2. The maximum absolute atomic E-state index is 12.9. The van der Waals surface area contributed by atoms with Gasteiger partial charge in [-0.1, -0.05) is 30.3 Å². The van der Waals surface area contributed by atoms with E-state index >= 15 is 0 Å². The largest absolute Gasteiger partial charge is 0.489 e. The van der Waals surface area contributed by atoms with Crippen LogP contribution in [0.3, 0.4) is 0 Å². The van der Waals surface area contributed by atoms with E-state index in [0.29, 0.717) is 39.6 Å². The third kappa shape index (κ3) is 4.72. The number of carboxylic acid groups (broad SMARTS) is 1. The molecular formula is C28H21N3O7S. The average molecular weight is 544 g/mol. The third-order valence-corrected chi connectivity index (χ3v) is 7.85. The Bertz CT molecular complexity index is 1680. The van der Waals surface area contributed by atoms with Gasteiger partial charge in [0.2, 0.25) is 5.91 Å². The van der Waals surface area contributed by atoms with Crippen LogP contribution in [0.1, 0.15) is 5.56 Å². The van der Waals surface area contributed by atoms with Gasteiger partial charge in [-0.15, -0.1) is 11.8 Å². The highest BCUT2D eigenvalue weighted by atomic mass is 32.2. The number of amides is 2. The van der Waals surface area contributed by atoms with E-state index in [2.05, 4.69) is 10.3 Å². The summed E-state index contributed by atoms with van der Waals surface area (Å²) >= 11 is 1.37. The topological polar surface area (TPSA) is 139 Å². The zero-order chi connectivity index (χ0) is 27.1. The van der Waals surface area contributed by atoms with Gasteiger partial charge in [-0.25, -0.2) is 9.78 Å². The Morgan fingerprint density at radius 2 is 1.92 bits per heavy atom. The van der Waals surface area contributed by atoms with Gasteiger partial charge in [-0.05, 0) is 29.8 Å². The number of fused-ring (bicyclic) bond motifs is 3. The quantitative estimate of drug-likeness (QED) is 0.266. The first-order valence-electron chi connectivity index (χ1n) is 12.1. The SMILES string of the molecule is O=C(Cc1ccccc1)N[C@@H]1C(=O)N2C(C(=O)O)=C(COc3ccc4nc5ccc(=O)cc-5oc4c3)CS[C@H]12. The van der Waals surface area contributed by atoms with Gasteiger partial charge >= 0.3 is 5.97 Å². The van der Waals surface area contributed by atoms with Crippen LogP contribution in [0.25, 0.3) is 22.6 Å². The lowest BCUT2D eigenvalue weighted by Crippen LogP contribution is -2.70. The molecule has 1 saturated heterocycles. The van der Waals surface area contributed by atoms with Gasteiger partial charge in [-0.2, -0.15) is 0 Å². The first-order valence-corrected chi connectivity index (χ1v) is 13.1. The molecule has 6 rings (SSSR count). The van der Waals surface area contributed by atoms with Crippen LogP contribution in [0.5, 0.6) is 5.75 Å². The third-order valence-electron chi connectivity index (χ3n) is 6.51. The van der Waals surface area contributed by atoms with Crippen LogP contribution >= 0.6 is 11.8 Å². The number of benzene rings is 3. The molecule has 11 heteroatoms. The van der Waals surface area contributed by atoms with Crippen LogP contribution < -0.4 is 15.5 Å². The lowest BCUT2D eigenvalue weighted by molar-refractivity contribution is -0.150. The van der Waals surface area contributed by atoms with Crippen molar-refractivity contribution in [3.63, 3.8) is 0 Å². The van der Waals surface area contributed by atoms with Crippen molar-refractivity contribution in [1.82, 2.24) is 15.2 Å². The van der Waals surface area contributed by atoms with E-state index in [9.17, 15) is 24.3 Å². The Kier molecular flexibility index (Phi) is 6.27. The smallest absolute Gasteiger partial charge is 0.352 e. The van der Waals surface area contributed by atoms with E-state index in [1.807, 2.05) is 30.3 Å². The van der Waals surface area contributed by atoms with E-state index in [0.717, 1.165) is 5.56 Å². The van der Waals surface area contributed by atoms with E-state index in [4.69, 9.17) is 9.15 Å². The van der Waals surface area contributed by atoms with Crippen LogP contribution in [0.15, 0.2) is 87.2 Å². The molecule has 2 aromatic rings. The van der Waals surface area contributed by atoms with Gasteiger partial charge in [0.25, 0.3) is 5.91 Å². The summed E-state index contributed by atoms with van der Waals surface area (Å²) in [5.41, 5.74) is 2.47. The van der Waals surface area contributed by atoms with Crippen LogP contribution in [0.2, 0.25) is 0 Å². The predicted molar refractivity (Wildman–Crippen MR) is 142 cm³/mol. The first-order chi connectivity index (χ1) is 18.9. The van der Waals surface area contributed by atoms with Crippen LogP contribution in [-0.2, 0) is 20.8 Å². The Morgan fingerprint density at radius 3 is 2.72 bits per heavy atom. The van der Waals surface area contributed by atoms with E-state index in [1.54, 1.807) is 24.3 Å². The molecule has 196 valence electrons. The van der Waals surface area contributed by atoms with E-state index < -0.39 is 23.3 Å². The number of carbonyl (C=O) groups excluding carboxylic acids is 2. The molecule has 0 saturated carbocycles. The van der Waals surface area contributed by atoms with Crippen molar-refractivity contribution in [3.05, 3.63) is 93.8 Å². The van der Waals surface area contributed by atoms with Crippen molar-refractivity contribution < 1.29 is 28.6 Å². The molecule has 3 aliphatic heterocycles. The maximum Gasteiger partial charge on any atom is 0.352 e. The highest BCUT2D eigenvalue weighted by molar-refractivity contribution is 8.00. The second-order valence-corrected chi connectivity index (χ2v) is 10.2. The first kappa shape index (κ1) is 24.7. The maximum atomic E-state index is 12.9. The molecule has 2 N–H and O–H groups in total. The summed E-state index contributed by atoms with van der Waals surface area (Å²) in [5.74, 6) is -0.930. The van der Waals surface area contributed by atoms with Gasteiger partial charge in [0.05, 0.1) is 6.42 Å². The number of nitrogens with zero attached hydrogens (tertiary/aromatic N) is 2. The molecule has 0 unspecified atom stereocenters. The summed E-state index contributed by atoms with van der Waals surface area (Å²) in [7, 11) is 0. The van der Waals surface area contributed by atoms with Gasteiger partial charge in [0, 0.05) is 23.5 Å². The minimum Gasteiger partial charge on any atom is -0.489 e. The molecule has 4 aliphatic rings. The minimum absolute atomic E-state index is 0.0621. The molecule has 39 heavy (non-hydrogen) atoms. The van der Waals surface area contributed by atoms with Crippen molar-refractivity contribution in [2.24, 2.45) is 0 Å². The second-order valence-electron chi connectivity index (χ2n) is 9.14. The van der Waals surface area contributed by atoms with Gasteiger partial charge in [0.15, 0.2) is 16.8 Å².